The Balaban J connectivity index is 1.50. The number of imide groups is 1. The highest BCUT2D eigenvalue weighted by atomic mass is 16.5. The highest BCUT2D eigenvalue weighted by Gasteiger charge is 2.21. The zero-order valence-corrected chi connectivity index (χ0v) is 16.5. The molecule has 152 valence electrons. The van der Waals surface area contributed by atoms with Gasteiger partial charge in [0.25, 0.3) is 5.91 Å². The van der Waals surface area contributed by atoms with Crippen molar-refractivity contribution in [2.75, 3.05) is 0 Å². The fraction of sp³-hybridized carbons (Fsp3) is 0.348. The highest BCUT2D eigenvalue weighted by Crippen LogP contribution is 2.18. The van der Waals surface area contributed by atoms with Crippen LogP contribution in [0.4, 0.5) is 4.79 Å². The summed E-state index contributed by atoms with van der Waals surface area (Å²) in [6.07, 6.45) is 4.44. The summed E-state index contributed by atoms with van der Waals surface area (Å²) in [6.45, 7) is 1.58. The maximum Gasteiger partial charge on any atom is 0.321 e. The van der Waals surface area contributed by atoms with Crippen molar-refractivity contribution >= 4 is 17.7 Å². The molecule has 2 aromatic carbocycles. The highest BCUT2D eigenvalue weighted by molar-refractivity contribution is 6.09. The van der Waals surface area contributed by atoms with Crippen LogP contribution in [0.15, 0.2) is 54.6 Å². The third-order valence-corrected chi connectivity index (χ3v) is 5.01. The number of ether oxygens (including phenoxy) is 1. The number of amides is 3. The first-order valence-corrected chi connectivity index (χ1v) is 10.0. The van der Waals surface area contributed by atoms with Gasteiger partial charge in [0.15, 0.2) is 11.9 Å². The van der Waals surface area contributed by atoms with E-state index in [2.05, 4.69) is 10.6 Å². The van der Waals surface area contributed by atoms with Gasteiger partial charge in [0, 0.05) is 17.2 Å². The van der Waals surface area contributed by atoms with Crippen molar-refractivity contribution in [2.24, 2.45) is 0 Å². The van der Waals surface area contributed by atoms with Gasteiger partial charge in [0.05, 0.1) is 0 Å². The molecule has 3 amide bonds. The average molecular weight is 394 g/mol. The van der Waals surface area contributed by atoms with Gasteiger partial charge in [0.2, 0.25) is 0 Å². The van der Waals surface area contributed by atoms with E-state index in [0.717, 1.165) is 25.7 Å². The molecule has 0 spiro atoms. The van der Waals surface area contributed by atoms with E-state index in [1.165, 1.54) is 6.42 Å². The Morgan fingerprint density at radius 3 is 2.17 bits per heavy atom. The number of benzene rings is 2. The summed E-state index contributed by atoms with van der Waals surface area (Å²) in [6, 6.07) is 15.2. The van der Waals surface area contributed by atoms with Crippen LogP contribution >= 0.6 is 0 Å². The van der Waals surface area contributed by atoms with E-state index in [9.17, 15) is 14.4 Å². The van der Waals surface area contributed by atoms with E-state index in [-0.39, 0.29) is 11.8 Å². The molecule has 1 aliphatic carbocycles. The molecular weight excluding hydrogens is 368 g/mol. The molecule has 1 atom stereocenters. The first kappa shape index (κ1) is 20.6. The van der Waals surface area contributed by atoms with Crippen molar-refractivity contribution in [3.05, 3.63) is 65.7 Å². The molecule has 1 fully saturated rings. The van der Waals surface area contributed by atoms with Crippen LogP contribution in [0.2, 0.25) is 0 Å². The van der Waals surface area contributed by atoms with E-state index in [1.54, 1.807) is 43.3 Å². The zero-order valence-electron chi connectivity index (χ0n) is 16.5. The van der Waals surface area contributed by atoms with Gasteiger partial charge in [-0.3, -0.25) is 14.9 Å². The zero-order chi connectivity index (χ0) is 20.6. The minimum absolute atomic E-state index is 0.0812. The van der Waals surface area contributed by atoms with Crippen LogP contribution < -0.4 is 15.4 Å². The molecule has 0 aliphatic heterocycles. The molecule has 0 unspecified atom stereocenters. The molecule has 0 radical (unpaired) electrons. The van der Waals surface area contributed by atoms with Gasteiger partial charge in [-0.05, 0) is 44.0 Å². The van der Waals surface area contributed by atoms with Gasteiger partial charge in [-0.15, -0.1) is 0 Å². The van der Waals surface area contributed by atoms with Gasteiger partial charge in [-0.25, -0.2) is 4.79 Å². The third-order valence-electron chi connectivity index (χ3n) is 5.01. The van der Waals surface area contributed by atoms with Crippen LogP contribution in [-0.4, -0.2) is 29.9 Å². The number of hydrogen-bond acceptors (Lipinski definition) is 4. The second kappa shape index (κ2) is 9.87. The summed E-state index contributed by atoms with van der Waals surface area (Å²) in [7, 11) is 0. The van der Waals surface area contributed by atoms with Crippen molar-refractivity contribution in [3.8, 4) is 5.75 Å². The molecule has 6 heteroatoms. The minimum atomic E-state index is -0.845. The molecule has 2 aromatic rings. The second-order valence-electron chi connectivity index (χ2n) is 7.28. The molecule has 1 saturated carbocycles. The Morgan fingerprint density at radius 2 is 1.52 bits per heavy atom. The number of nitrogens with one attached hydrogen (secondary N) is 2. The lowest BCUT2D eigenvalue weighted by atomic mass is 9.96. The van der Waals surface area contributed by atoms with E-state index in [1.807, 2.05) is 18.2 Å². The molecule has 0 saturated heterocycles. The number of hydrogen-bond donors (Lipinski definition) is 2. The average Bonchev–Trinajstić information content (AvgIpc) is 2.75. The fourth-order valence-electron chi connectivity index (χ4n) is 3.38. The van der Waals surface area contributed by atoms with Crippen molar-refractivity contribution < 1.29 is 19.1 Å². The number of ketones is 1. The number of urea groups is 1. The summed E-state index contributed by atoms with van der Waals surface area (Å²) < 4.78 is 5.60. The number of carbonyl (C=O) groups excluding carboxylic acids is 3. The predicted octanol–water partition coefficient (Wildman–Crippen LogP) is 3.84. The first-order chi connectivity index (χ1) is 14.0. The summed E-state index contributed by atoms with van der Waals surface area (Å²) in [5.41, 5.74) is 1.14. The Hall–Kier alpha value is -3.15. The summed E-state index contributed by atoms with van der Waals surface area (Å²) in [5.74, 6) is -0.143. The van der Waals surface area contributed by atoms with E-state index < -0.39 is 18.0 Å². The Labute approximate surface area is 170 Å². The smallest absolute Gasteiger partial charge is 0.321 e. The maximum atomic E-state index is 12.4. The van der Waals surface area contributed by atoms with Gasteiger partial charge in [-0.1, -0.05) is 49.6 Å². The minimum Gasteiger partial charge on any atom is -0.481 e. The first-order valence-electron chi connectivity index (χ1n) is 10.0. The lowest BCUT2D eigenvalue weighted by Crippen LogP contribution is -2.48. The van der Waals surface area contributed by atoms with Crippen LogP contribution in [-0.2, 0) is 4.79 Å². The monoisotopic (exact) mass is 394 g/mol. The summed E-state index contributed by atoms with van der Waals surface area (Å²) in [4.78, 5) is 36.6. The maximum absolute atomic E-state index is 12.4. The van der Waals surface area contributed by atoms with Crippen molar-refractivity contribution in [3.63, 3.8) is 0 Å². The molecule has 29 heavy (non-hydrogen) atoms. The molecule has 0 bridgehead atoms. The molecule has 0 aromatic heterocycles. The third kappa shape index (κ3) is 5.91. The molecular formula is C23H26N2O4. The van der Waals surface area contributed by atoms with Crippen molar-refractivity contribution in [1.82, 2.24) is 10.6 Å². The largest absolute Gasteiger partial charge is 0.481 e. The lowest BCUT2D eigenvalue weighted by molar-refractivity contribution is -0.126. The van der Waals surface area contributed by atoms with E-state index in [0.29, 0.717) is 16.9 Å². The van der Waals surface area contributed by atoms with Crippen molar-refractivity contribution in [1.29, 1.82) is 0 Å². The van der Waals surface area contributed by atoms with Gasteiger partial charge in [-0.2, -0.15) is 0 Å². The van der Waals surface area contributed by atoms with Crippen molar-refractivity contribution in [2.45, 2.75) is 51.2 Å². The van der Waals surface area contributed by atoms with Crippen LogP contribution in [0, 0.1) is 0 Å². The second-order valence-corrected chi connectivity index (χ2v) is 7.28. The van der Waals surface area contributed by atoms with E-state index >= 15 is 0 Å². The summed E-state index contributed by atoms with van der Waals surface area (Å²) in [5, 5.41) is 5.17. The molecule has 0 heterocycles. The molecule has 6 nitrogen and oxygen atoms in total. The van der Waals surface area contributed by atoms with Crippen LogP contribution in [0.5, 0.6) is 5.75 Å². The molecule has 2 N–H and O–H groups in total. The van der Waals surface area contributed by atoms with Crippen LogP contribution in [0.1, 0.15) is 54.9 Å². The van der Waals surface area contributed by atoms with Gasteiger partial charge >= 0.3 is 6.03 Å². The topological polar surface area (TPSA) is 84.5 Å². The standard InChI is InChI=1S/C23H26N2O4/c1-16(22(27)25-23(28)24-19-10-6-3-7-11-19)29-20-14-12-18(13-15-20)21(26)17-8-4-2-5-9-17/h2,4-5,8-9,12-16,19H,3,6-7,10-11H2,1H3,(H2,24,25,27,28)/t16-/m1/s1. The molecule has 1 aliphatic rings. The Morgan fingerprint density at radius 1 is 0.897 bits per heavy atom. The van der Waals surface area contributed by atoms with Gasteiger partial charge in [0.1, 0.15) is 5.75 Å². The van der Waals surface area contributed by atoms with E-state index in [4.69, 9.17) is 4.74 Å². The Kier molecular flexibility index (Phi) is 7.00. The SMILES string of the molecule is C[C@@H](Oc1ccc(C(=O)c2ccccc2)cc1)C(=O)NC(=O)NC1CCCCC1. The van der Waals surface area contributed by atoms with Crippen LogP contribution in [0.25, 0.3) is 0 Å². The fourth-order valence-corrected chi connectivity index (χ4v) is 3.38. The number of carbonyl (C=O) groups is 3. The van der Waals surface area contributed by atoms with Gasteiger partial charge < -0.3 is 10.1 Å². The number of rotatable bonds is 6. The predicted molar refractivity (Wildman–Crippen MR) is 110 cm³/mol. The normalized spacial score (nSPS) is 15.2. The quantitative estimate of drug-likeness (QED) is 0.729. The van der Waals surface area contributed by atoms with Crippen LogP contribution in [0.3, 0.4) is 0 Å². The summed E-state index contributed by atoms with van der Waals surface area (Å²) >= 11 is 0. The lowest BCUT2D eigenvalue weighted by Gasteiger charge is -2.23. The Bertz CT molecular complexity index is 843. The molecule has 3 rings (SSSR count).